The molecule has 0 unspecified atom stereocenters. The molecule has 0 amide bonds. The van der Waals surface area contributed by atoms with Crippen molar-refractivity contribution in [2.75, 3.05) is 19.7 Å². The van der Waals surface area contributed by atoms with Crippen molar-refractivity contribution in [1.29, 1.82) is 0 Å². The molecule has 2 rings (SSSR count). The number of hydrogen-bond acceptors (Lipinski definition) is 2. The first-order valence-electron chi connectivity index (χ1n) is 6.52. The molecule has 0 spiro atoms. The second-order valence-electron chi connectivity index (χ2n) is 5.61. The summed E-state index contributed by atoms with van der Waals surface area (Å²) in [6.45, 7) is 9.82. The molecule has 1 fully saturated rings. The van der Waals surface area contributed by atoms with Crippen LogP contribution in [0.3, 0.4) is 0 Å². The van der Waals surface area contributed by atoms with Crippen molar-refractivity contribution in [3.8, 4) is 5.75 Å². The highest BCUT2D eigenvalue weighted by Gasteiger charge is 2.29. The smallest absolute Gasteiger partial charge is 0.119 e. The molecular formula is C15H23NO. The Morgan fingerprint density at radius 1 is 1.12 bits per heavy atom. The van der Waals surface area contributed by atoms with Crippen LogP contribution in [0, 0.1) is 6.92 Å². The van der Waals surface area contributed by atoms with Crippen LogP contribution in [0.1, 0.15) is 32.3 Å². The molecule has 2 heteroatoms. The maximum atomic E-state index is 5.90. The molecule has 0 radical (unpaired) electrons. The van der Waals surface area contributed by atoms with Gasteiger partial charge in [0, 0.05) is 5.54 Å². The second kappa shape index (κ2) is 5.09. The van der Waals surface area contributed by atoms with Crippen molar-refractivity contribution < 1.29 is 4.74 Å². The van der Waals surface area contributed by atoms with Crippen LogP contribution in [-0.2, 0) is 0 Å². The summed E-state index contributed by atoms with van der Waals surface area (Å²) in [4.78, 5) is 2.53. The van der Waals surface area contributed by atoms with Crippen molar-refractivity contribution >= 4 is 0 Å². The fourth-order valence-electron chi connectivity index (χ4n) is 2.31. The fraction of sp³-hybridized carbons (Fsp3) is 0.600. The summed E-state index contributed by atoms with van der Waals surface area (Å²) in [6, 6.07) is 8.29. The van der Waals surface area contributed by atoms with Gasteiger partial charge in [-0.1, -0.05) is 17.7 Å². The summed E-state index contributed by atoms with van der Waals surface area (Å²) in [7, 11) is 0. The molecule has 1 aromatic rings. The van der Waals surface area contributed by atoms with Gasteiger partial charge in [-0.2, -0.15) is 0 Å². The Bertz CT molecular complexity index is 350. The number of ether oxygens (including phenoxy) is 1. The Balaban J connectivity index is 1.90. The normalized spacial score (nSPS) is 17.4. The average Bonchev–Trinajstić information content (AvgIpc) is 2.82. The Labute approximate surface area is 105 Å². The highest BCUT2D eigenvalue weighted by Crippen LogP contribution is 2.22. The number of rotatable bonds is 4. The molecule has 0 saturated carbocycles. The van der Waals surface area contributed by atoms with E-state index in [1.165, 1.54) is 31.5 Å². The van der Waals surface area contributed by atoms with Gasteiger partial charge in [0.25, 0.3) is 0 Å². The van der Waals surface area contributed by atoms with E-state index in [1.54, 1.807) is 0 Å². The van der Waals surface area contributed by atoms with Crippen molar-refractivity contribution in [3.05, 3.63) is 29.8 Å². The molecule has 0 aliphatic carbocycles. The van der Waals surface area contributed by atoms with Crippen molar-refractivity contribution in [3.63, 3.8) is 0 Å². The zero-order chi connectivity index (χ0) is 12.3. The number of likely N-dealkylation sites (tertiary alicyclic amines) is 1. The Kier molecular flexibility index (Phi) is 3.72. The van der Waals surface area contributed by atoms with Gasteiger partial charge in [-0.3, -0.25) is 4.90 Å². The molecule has 1 aromatic carbocycles. The minimum absolute atomic E-state index is 0.140. The minimum atomic E-state index is 0.140. The lowest BCUT2D eigenvalue weighted by molar-refractivity contribution is 0.0894. The molecule has 1 saturated heterocycles. The fourth-order valence-corrected chi connectivity index (χ4v) is 2.31. The SMILES string of the molecule is Cc1ccc(OCC(C)(C)N2CCCC2)cc1. The van der Waals surface area contributed by atoms with Gasteiger partial charge in [0.2, 0.25) is 0 Å². The number of aryl methyl sites for hydroxylation is 1. The molecule has 0 aromatic heterocycles. The highest BCUT2D eigenvalue weighted by molar-refractivity contribution is 5.26. The highest BCUT2D eigenvalue weighted by atomic mass is 16.5. The van der Waals surface area contributed by atoms with E-state index in [1.807, 2.05) is 0 Å². The van der Waals surface area contributed by atoms with E-state index in [0.29, 0.717) is 0 Å². The van der Waals surface area contributed by atoms with Crippen LogP contribution in [0.4, 0.5) is 0 Å². The Morgan fingerprint density at radius 3 is 2.29 bits per heavy atom. The molecule has 1 aliphatic heterocycles. The number of benzene rings is 1. The Hall–Kier alpha value is -1.02. The standard InChI is InChI=1S/C15H23NO/c1-13-6-8-14(9-7-13)17-12-15(2,3)16-10-4-5-11-16/h6-9H,4-5,10-12H2,1-3H3. The maximum Gasteiger partial charge on any atom is 0.119 e. The summed E-state index contributed by atoms with van der Waals surface area (Å²) in [6.07, 6.45) is 2.65. The summed E-state index contributed by atoms with van der Waals surface area (Å²) in [5, 5.41) is 0. The van der Waals surface area contributed by atoms with Gasteiger partial charge in [0.1, 0.15) is 12.4 Å². The van der Waals surface area contributed by atoms with Gasteiger partial charge in [0.15, 0.2) is 0 Å². The van der Waals surface area contributed by atoms with E-state index in [9.17, 15) is 0 Å². The number of nitrogens with zero attached hydrogens (tertiary/aromatic N) is 1. The van der Waals surface area contributed by atoms with Crippen LogP contribution >= 0.6 is 0 Å². The van der Waals surface area contributed by atoms with Crippen molar-refractivity contribution in [2.24, 2.45) is 0 Å². The van der Waals surface area contributed by atoms with E-state index >= 15 is 0 Å². The lowest BCUT2D eigenvalue weighted by atomic mass is 10.1. The molecule has 2 nitrogen and oxygen atoms in total. The first-order chi connectivity index (χ1) is 8.08. The Morgan fingerprint density at radius 2 is 1.71 bits per heavy atom. The van der Waals surface area contributed by atoms with Gasteiger partial charge in [-0.15, -0.1) is 0 Å². The van der Waals surface area contributed by atoms with Gasteiger partial charge >= 0.3 is 0 Å². The third-order valence-corrected chi connectivity index (χ3v) is 3.58. The topological polar surface area (TPSA) is 12.5 Å². The summed E-state index contributed by atoms with van der Waals surface area (Å²) < 4.78 is 5.90. The van der Waals surface area contributed by atoms with E-state index in [-0.39, 0.29) is 5.54 Å². The summed E-state index contributed by atoms with van der Waals surface area (Å²) >= 11 is 0. The van der Waals surface area contributed by atoms with Crippen LogP contribution in [0.5, 0.6) is 5.75 Å². The van der Waals surface area contributed by atoms with Gasteiger partial charge in [0.05, 0.1) is 0 Å². The average molecular weight is 233 g/mol. The zero-order valence-corrected chi connectivity index (χ0v) is 11.2. The predicted octanol–water partition coefficient (Wildman–Crippen LogP) is 3.25. The lowest BCUT2D eigenvalue weighted by Gasteiger charge is -2.35. The predicted molar refractivity (Wildman–Crippen MR) is 71.6 cm³/mol. The molecule has 1 heterocycles. The van der Waals surface area contributed by atoms with Crippen LogP contribution in [0.15, 0.2) is 24.3 Å². The van der Waals surface area contributed by atoms with Crippen molar-refractivity contribution in [1.82, 2.24) is 4.90 Å². The second-order valence-corrected chi connectivity index (χ2v) is 5.61. The van der Waals surface area contributed by atoms with Gasteiger partial charge < -0.3 is 4.74 Å². The molecule has 94 valence electrons. The summed E-state index contributed by atoms with van der Waals surface area (Å²) in [5.74, 6) is 0.975. The third kappa shape index (κ3) is 3.22. The number of hydrogen-bond donors (Lipinski definition) is 0. The summed E-state index contributed by atoms with van der Waals surface area (Å²) in [5.41, 5.74) is 1.41. The van der Waals surface area contributed by atoms with E-state index in [0.717, 1.165) is 12.4 Å². The van der Waals surface area contributed by atoms with Gasteiger partial charge in [-0.05, 0) is 58.8 Å². The molecule has 0 N–H and O–H groups in total. The minimum Gasteiger partial charge on any atom is -0.492 e. The van der Waals surface area contributed by atoms with E-state index in [4.69, 9.17) is 4.74 Å². The third-order valence-electron chi connectivity index (χ3n) is 3.58. The first kappa shape index (κ1) is 12.4. The molecule has 1 aliphatic rings. The molecule has 0 bridgehead atoms. The van der Waals surface area contributed by atoms with E-state index < -0.39 is 0 Å². The molecule has 0 atom stereocenters. The van der Waals surface area contributed by atoms with Gasteiger partial charge in [-0.25, -0.2) is 0 Å². The van der Waals surface area contributed by atoms with Crippen LogP contribution < -0.4 is 4.74 Å². The van der Waals surface area contributed by atoms with Crippen molar-refractivity contribution in [2.45, 2.75) is 39.2 Å². The van der Waals surface area contributed by atoms with Crippen LogP contribution in [0.2, 0.25) is 0 Å². The zero-order valence-electron chi connectivity index (χ0n) is 11.2. The van der Waals surface area contributed by atoms with E-state index in [2.05, 4.69) is 49.9 Å². The first-order valence-corrected chi connectivity index (χ1v) is 6.52. The quantitative estimate of drug-likeness (QED) is 0.791. The lowest BCUT2D eigenvalue weighted by Crippen LogP contribution is -2.46. The molecular weight excluding hydrogens is 210 g/mol. The largest absolute Gasteiger partial charge is 0.492 e. The maximum absolute atomic E-state index is 5.90. The monoisotopic (exact) mass is 233 g/mol. The van der Waals surface area contributed by atoms with Crippen LogP contribution in [-0.4, -0.2) is 30.1 Å². The van der Waals surface area contributed by atoms with Crippen LogP contribution in [0.25, 0.3) is 0 Å². The molecule has 17 heavy (non-hydrogen) atoms.